The number of rotatable bonds is 5. The molecule has 25 heavy (non-hydrogen) atoms. The summed E-state index contributed by atoms with van der Waals surface area (Å²) >= 11 is 1.73. The van der Waals surface area contributed by atoms with E-state index in [1.54, 1.807) is 57.4 Å². The van der Waals surface area contributed by atoms with Gasteiger partial charge in [-0.05, 0) is 30.3 Å². The van der Waals surface area contributed by atoms with E-state index >= 15 is 0 Å². The molecule has 1 unspecified atom stereocenters. The fourth-order valence-corrected chi connectivity index (χ4v) is 4.21. The number of thioether (sulfide) groups is 1. The highest BCUT2D eigenvalue weighted by Gasteiger charge is 2.33. The fourth-order valence-electron chi connectivity index (χ4n) is 2.94. The van der Waals surface area contributed by atoms with Crippen LogP contribution in [0.25, 0.3) is 0 Å². The monoisotopic (exact) mass is 359 g/mol. The van der Waals surface area contributed by atoms with Crippen molar-refractivity contribution in [3.8, 4) is 17.2 Å². The van der Waals surface area contributed by atoms with Gasteiger partial charge in [-0.25, -0.2) is 0 Å². The Labute approximate surface area is 151 Å². The maximum absolute atomic E-state index is 13.0. The first-order valence-corrected chi connectivity index (χ1v) is 9.02. The van der Waals surface area contributed by atoms with E-state index in [2.05, 4.69) is 0 Å². The molecule has 0 radical (unpaired) electrons. The van der Waals surface area contributed by atoms with Gasteiger partial charge in [0.25, 0.3) is 5.91 Å². The van der Waals surface area contributed by atoms with Gasteiger partial charge in [0.15, 0.2) is 11.5 Å². The molecule has 3 rings (SSSR count). The molecule has 1 saturated heterocycles. The maximum atomic E-state index is 13.0. The highest BCUT2D eigenvalue weighted by Crippen LogP contribution is 2.45. The molecular formula is C19H21NO4S. The number of hydrogen-bond acceptors (Lipinski definition) is 5. The summed E-state index contributed by atoms with van der Waals surface area (Å²) in [5.41, 5.74) is 1.60. The molecule has 1 fully saturated rings. The lowest BCUT2D eigenvalue weighted by Crippen LogP contribution is -2.30. The van der Waals surface area contributed by atoms with Crippen molar-refractivity contribution >= 4 is 17.7 Å². The van der Waals surface area contributed by atoms with Crippen LogP contribution in [-0.4, -0.2) is 44.4 Å². The van der Waals surface area contributed by atoms with Crippen LogP contribution in [0.1, 0.15) is 21.3 Å². The van der Waals surface area contributed by atoms with Crippen molar-refractivity contribution in [2.24, 2.45) is 0 Å². The number of amides is 1. The molecule has 2 aromatic carbocycles. The summed E-state index contributed by atoms with van der Waals surface area (Å²) in [7, 11) is 4.85. The first kappa shape index (κ1) is 17.5. The lowest BCUT2D eigenvalue weighted by molar-refractivity contribution is 0.0759. The van der Waals surface area contributed by atoms with Gasteiger partial charge in [-0.2, -0.15) is 0 Å². The number of carbonyl (C=O) groups excluding carboxylic acids is 1. The fraction of sp³-hybridized carbons (Fsp3) is 0.316. The third-order valence-electron chi connectivity index (χ3n) is 4.19. The Kier molecular flexibility index (Phi) is 5.38. The minimum absolute atomic E-state index is 0.00234. The van der Waals surface area contributed by atoms with Crippen molar-refractivity contribution in [3.63, 3.8) is 0 Å². The van der Waals surface area contributed by atoms with Gasteiger partial charge in [0, 0.05) is 23.4 Å². The van der Waals surface area contributed by atoms with Gasteiger partial charge in [0.2, 0.25) is 0 Å². The molecule has 6 heteroatoms. The summed E-state index contributed by atoms with van der Waals surface area (Å²) in [4.78, 5) is 14.9. The maximum Gasteiger partial charge on any atom is 0.255 e. The third kappa shape index (κ3) is 3.39. The number of benzene rings is 2. The van der Waals surface area contributed by atoms with Crippen molar-refractivity contribution < 1.29 is 19.0 Å². The molecule has 0 saturated carbocycles. The number of methoxy groups -OCH3 is 3. The smallest absolute Gasteiger partial charge is 0.255 e. The van der Waals surface area contributed by atoms with E-state index in [4.69, 9.17) is 14.2 Å². The molecule has 0 spiro atoms. The molecule has 2 aromatic rings. The van der Waals surface area contributed by atoms with Crippen LogP contribution in [0.4, 0.5) is 0 Å². The van der Waals surface area contributed by atoms with Gasteiger partial charge in [-0.3, -0.25) is 4.79 Å². The lowest BCUT2D eigenvalue weighted by Gasteiger charge is -2.26. The van der Waals surface area contributed by atoms with Gasteiger partial charge in [-0.1, -0.05) is 12.1 Å². The molecule has 1 amide bonds. The van der Waals surface area contributed by atoms with Crippen molar-refractivity contribution in [3.05, 3.63) is 53.6 Å². The first-order chi connectivity index (χ1) is 12.2. The highest BCUT2D eigenvalue weighted by molar-refractivity contribution is 7.99. The van der Waals surface area contributed by atoms with Crippen LogP contribution in [0.5, 0.6) is 17.2 Å². The Hall–Kier alpha value is -2.34. The SMILES string of the molecule is COc1ccc(C(=O)N2CCSC2c2cccc(OC)c2OC)cc1. The van der Waals surface area contributed by atoms with Crippen molar-refractivity contribution in [1.82, 2.24) is 4.90 Å². The van der Waals surface area contributed by atoms with Crippen LogP contribution in [0.15, 0.2) is 42.5 Å². The van der Waals surface area contributed by atoms with Gasteiger partial charge in [0.1, 0.15) is 11.1 Å². The molecule has 0 N–H and O–H groups in total. The van der Waals surface area contributed by atoms with Crippen LogP contribution >= 0.6 is 11.8 Å². The second kappa shape index (κ2) is 7.70. The van der Waals surface area contributed by atoms with E-state index in [1.165, 1.54) is 0 Å². The zero-order chi connectivity index (χ0) is 17.8. The molecule has 1 aliphatic heterocycles. The summed E-state index contributed by atoms with van der Waals surface area (Å²) in [6.07, 6.45) is 0. The number of ether oxygens (including phenoxy) is 3. The second-order valence-electron chi connectivity index (χ2n) is 5.53. The summed E-state index contributed by atoms with van der Waals surface area (Å²) < 4.78 is 16.1. The first-order valence-electron chi connectivity index (χ1n) is 7.97. The minimum atomic E-state index is -0.0975. The Morgan fingerprint density at radius 3 is 2.44 bits per heavy atom. The average Bonchev–Trinajstić information content (AvgIpc) is 3.16. The van der Waals surface area contributed by atoms with Crippen LogP contribution in [0.3, 0.4) is 0 Å². The van der Waals surface area contributed by atoms with Crippen LogP contribution in [-0.2, 0) is 0 Å². The van der Waals surface area contributed by atoms with Crippen LogP contribution in [0.2, 0.25) is 0 Å². The number of nitrogens with zero attached hydrogens (tertiary/aromatic N) is 1. The minimum Gasteiger partial charge on any atom is -0.497 e. The van der Waals surface area contributed by atoms with Gasteiger partial charge >= 0.3 is 0 Å². The van der Waals surface area contributed by atoms with Crippen molar-refractivity contribution in [1.29, 1.82) is 0 Å². The Morgan fingerprint density at radius 2 is 1.80 bits per heavy atom. The summed E-state index contributed by atoms with van der Waals surface area (Å²) in [6, 6.07) is 13.0. The Morgan fingerprint density at radius 1 is 1.04 bits per heavy atom. The molecule has 5 nitrogen and oxygen atoms in total. The molecule has 1 heterocycles. The third-order valence-corrected chi connectivity index (χ3v) is 5.43. The zero-order valence-corrected chi connectivity index (χ0v) is 15.3. The molecule has 0 bridgehead atoms. The van der Waals surface area contributed by atoms with E-state index in [0.29, 0.717) is 23.6 Å². The molecule has 0 aliphatic carbocycles. The van der Waals surface area contributed by atoms with Crippen molar-refractivity contribution in [2.45, 2.75) is 5.37 Å². The van der Waals surface area contributed by atoms with E-state index in [9.17, 15) is 4.79 Å². The number of carbonyl (C=O) groups is 1. The average molecular weight is 359 g/mol. The van der Waals surface area contributed by atoms with E-state index in [-0.39, 0.29) is 11.3 Å². The second-order valence-corrected chi connectivity index (χ2v) is 6.72. The van der Waals surface area contributed by atoms with Gasteiger partial charge < -0.3 is 19.1 Å². The summed E-state index contributed by atoms with van der Waals surface area (Å²) in [5.74, 6) is 2.97. The van der Waals surface area contributed by atoms with E-state index < -0.39 is 0 Å². The predicted molar refractivity (Wildman–Crippen MR) is 98.8 cm³/mol. The van der Waals surface area contributed by atoms with E-state index in [0.717, 1.165) is 17.1 Å². The molecule has 132 valence electrons. The summed E-state index contributed by atoms with van der Waals surface area (Å²) in [6.45, 7) is 0.695. The standard InChI is InChI=1S/C19H21NO4S/c1-22-14-9-7-13(8-10-14)18(21)20-11-12-25-19(20)15-5-4-6-16(23-2)17(15)24-3/h4-10,19H,11-12H2,1-3H3. The lowest BCUT2D eigenvalue weighted by atomic mass is 10.1. The van der Waals surface area contributed by atoms with Crippen LogP contribution < -0.4 is 14.2 Å². The quantitative estimate of drug-likeness (QED) is 0.816. The highest BCUT2D eigenvalue weighted by atomic mass is 32.2. The summed E-state index contributed by atoms with van der Waals surface area (Å²) in [5, 5.41) is -0.0975. The normalized spacial score (nSPS) is 16.6. The molecular weight excluding hydrogens is 338 g/mol. The predicted octanol–water partition coefficient (Wildman–Crippen LogP) is 3.60. The molecule has 1 atom stereocenters. The van der Waals surface area contributed by atoms with Crippen LogP contribution in [0, 0.1) is 0 Å². The molecule has 1 aliphatic rings. The Bertz CT molecular complexity index is 748. The Balaban J connectivity index is 1.91. The number of hydrogen-bond donors (Lipinski definition) is 0. The van der Waals surface area contributed by atoms with Gasteiger partial charge in [-0.15, -0.1) is 11.8 Å². The topological polar surface area (TPSA) is 48.0 Å². The zero-order valence-electron chi connectivity index (χ0n) is 14.5. The van der Waals surface area contributed by atoms with E-state index in [1.807, 2.05) is 23.1 Å². The largest absolute Gasteiger partial charge is 0.497 e. The van der Waals surface area contributed by atoms with Crippen molar-refractivity contribution in [2.75, 3.05) is 33.6 Å². The molecule has 0 aromatic heterocycles. The number of para-hydroxylation sites is 1. The van der Waals surface area contributed by atoms with Gasteiger partial charge in [0.05, 0.1) is 21.3 Å².